The number of methoxy groups -OCH3 is 1. The predicted molar refractivity (Wildman–Crippen MR) is 150 cm³/mol. The highest BCUT2D eigenvalue weighted by molar-refractivity contribution is 9.10. The van der Waals surface area contributed by atoms with Gasteiger partial charge >= 0.3 is 0 Å². The Kier molecular flexibility index (Phi) is 6.81. The third-order valence-electron chi connectivity index (χ3n) is 6.98. The Labute approximate surface area is 234 Å². The van der Waals surface area contributed by atoms with E-state index in [-0.39, 0.29) is 11.8 Å². The van der Waals surface area contributed by atoms with Gasteiger partial charge in [0.15, 0.2) is 17.6 Å². The van der Waals surface area contributed by atoms with E-state index in [0.29, 0.717) is 28.3 Å². The summed E-state index contributed by atoms with van der Waals surface area (Å²) in [4.78, 5) is 34.9. The lowest BCUT2D eigenvalue weighted by Crippen LogP contribution is -2.37. The quantitative estimate of drug-likeness (QED) is 0.245. The monoisotopic (exact) mass is 584 g/mol. The number of hydrogen-bond donors (Lipinski definition) is 0. The highest BCUT2D eigenvalue weighted by Gasteiger charge is 2.60. The number of carbonyl (C=O) groups is 2. The molecule has 0 aromatic heterocycles. The fourth-order valence-electron chi connectivity index (χ4n) is 5.15. The molecule has 6 rings (SSSR count). The molecule has 2 amide bonds. The van der Waals surface area contributed by atoms with Gasteiger partial charge in [0.05, 0.1) is 24.5 Å². The second-order valence-corrected chi connectivity index (χ2v) is 10.2. The van der Waals surface area contributed by atoms with Gasteiger partial charge in [-0.3, -0.25) is 14.4 Å². The maximum absolute atomic E-state index is 13.9. The molecular formula is C31H25BrN2O5. The second-order valence-electron chi connectivity index (χ2n) is 9.30. The molecule has 0 N–H and O–H groups in total. The summed E-state index contributed by atoms with van der Waals surface area (Å²) in [5, 5.41) is 1.66. The Balaban J connectivity index is 1.40. The molecule has 3 atom stereocenters. The summed E-state index contributed by atoms with van der Waals surface area (Å²) >= 11 is 3.71. The van der Waals surface area contributed by atoms with Crippen molar-refractivity contribution in [3.8, 4) is 11.5 Å². The smallest absolute Gasteiger partial charge is 0.266 e. The molecule has 0 saturated carbocycles. The molecule has 2 aliphatic heterocycles. The maximum atomic E-state index is 13.9. The van der Waals surface area contributed by atoms with Crippen molar-refractivity contribution in [2.75, 3.05) is 17.1 Å². The van der Waals surface area contributed by atoms with Crippen LogP contribution in [0.15, 0.2) is 108 Å². The summed E-state index contributed by atoms with van der Waals surface area (Å²) < 4.78 is 12.5. The zero-order valence-electron chi connectivity index (χ0n) is 21.1. The normalized spacial score (nSPS) is 20.3. The van der Waals surface area contributed by atoms with E-state index in [4.69, 9.17) is 14.3 Å². The molecule has 39 heavy (non-hydrogen) atoms. The molecule has 2 fully saturated rings. The van der Waals surface area contributed by atoms with Crippen molar-refractivity contribution >= 4 is 39.1 Å². The largest absolute Gasteiger partial charge is 0.493 e. The number of para-hydroxylation sites is 2. The lowest BCUT2D eigenvalue weighted by Gasteiger charge is -2.29. The van der Waals surface area contributed by atoms with Crippen molar-refractivity contribution in [3.63, 3.8) is 0 Å². The Morgan fingerprint density at radius 2 is 1.41 bits per heavy atom. The van der Waals surface area contributed by atoms with Gasteiger partial charge in [0.1, 0.15) is 12.5 Å². The van der Waals surface area contributed by atoms with Crippen LogP contribution in [-0.4, -0.2) is 25.0 Å². The van der Waals surface area contributed by atoms with Gasteiger partial charge in [0.25, 0.3) is 5.91 Å². The third-order valence-corrected chi connectivity index (χ3v) is 7.67. The van der Waals surface area contributed by atoms with Crippen LogP contribution in [0.4, 0.5) is 11.4 Å². The van der Waals surface area contributed by atoms with Crippen LogP contribution in [0.3, 0.4) is 0 Å². The van der Waals surface area contributed by atoms with E-state index in [2.05, 4.69) is 15.9 Å². The first-order valence-corrected chi connectivity index (χ1v) is 13.3. The zero-order chi connectivity index (χ0) is 26.9. The van der Waals surface area contributed by atoms with E-state index in [9.17, 15) is 9.59 Å². The Morgan fingerprint density at radius 1 is 0.795 bits per heavy atom. The van der Waals surface area contributed by atoms with Crippen LogP contribution in [0.2, 0.25) is 0 Å². The van der Waals surface area contributed by atoms with E-state index in [1.54, 1.807) is 36.4 Å². The lowest BCUT2D eigenvalue weighted by atomic mass is 9.90. The minimum Gasteiger partial charge on any atom is -0.493 e. The molecule has 2 saturated heterocycles. The van der Waals surface area contributed by atoms with E-state index in [0.717, 1.165) is 16.8 Å². The molecule has 0 bridgehead atoms. The standard InChI is InChI=1S/C31H25BrN2O5/c1-37-25-17-23(24(32)18-26(25)38-19-20-11-5-2-6-12-20)28-27-29(39-34(28)22-15-9-4-10-16-22)31(36)33(30(27)35)21-13-7-3-8-14-21/h2-18,27-29H,19H2,1H3/t27-,28-,29+/m1/s1. The SMILES string of the molecule is COc1cc([C@@H]2[C@H]3C(=O)N(c4ccccc4)C(=O)[C@H]3ON2c2ccccc2)c(Br)cc1OCc1ccccc1. The van der Waals surface area contributed by atoms with Gasteiger partial charge < -0.3 is 9.47 Å². The summed E-state index contributed by atoms with van der Waals surface area (Å²) in [6.07, 6.45) is -0.963. The molecule has 7 nitrogen and oxygen atoms in total. The topological polar surface area (TPSA) is 68.3 Å². The fraction of sp³-hybridized carbons (Fsp3) is 0.161. The summed E-state index contributed by atoms with van der Waals surface area (Å²) in [6.45, 7) is 0.370. The molecule has 4 aromatic carbocycles. The number of benzene rings is 4. The van der Waals surface area contributed by atoms with Crippen molar-refractivity contribution in [1.82, 2.24) is 0 Å². The summed E-state index contributed by atoms with van der Waals surface area (Å²) in [7, 11) is 1.58. The van der Waals surface area contributed by atoms with Crippen LogP contribution in [0, 0.1) is 5.92 Å². The molecule has 8 heteroatoms. The molecule has 0 spiro atoms. The molecular weight excluding hydrogens is 560 g/mol. The first-order valence-electron chi connectivity index (χ1n) is 12.5. The minimum atomic E-state index is -0.963. The van der Waals surface area contributed by atoms with Crippen LogP contribution >= 0.6 is 15.9 Å². The number of ether oxygens (including phenoxy) is 2. The maximum Gasteiger partial charge on any atom is 0.266 e. The summed E-state index contributed by atoms with van der Waals surface area (Å²) in [5.41, 5.74) is 3.03. The predicted octanol–water partition coefficient (Wildman–Crippen LogP) is 6.09. The van der Waals surface area contributed by atoms with Gasteiger partial charge in [0, 0.05) is 4.47 Å². The average Bonchev–Trinajstić information content (AvgIpc) is 3.48. The van der Waals surface area contributed by atoms with Crippen LogP contribution in [-0.2, 0) is 21.0 Å². The fourth-order valence-corrected chi connectivity index (χ4v) is 5.70. The zero-order valence-corrected chi connectivity index (χ0v) is 22.7. The number of rotatable bonds is 7. The van der Waals surface area contributed by atoms with Crippen LogP contribution in [0.1, 0.15) is 17.2 Å². The number of hydrogen-bond acceptors (Lipinski definition) is 6. The van der Waals surface area contributed by atoms with Crippen molar-refractivity contribution in [3.05, 3.63) is 119 Å². The van der Waals surface area contributed by atoms with E-state index < -0.39 is 18.1 Å². The van der Waals surface area contributed by atoms with Gasteiger partial charge in [-0.2, -0.15) is 0 Å². The molecule has 0 radical (unpaired) electrons. The number of nitrogens with zero attached hydrogens (tertiary/aromatic N) is 2. The van der Waals surface area contributed by atoms with Crippen LogP contribution in [0.5, 0.6) is 11.5 Å². The van der Waals surface area contributed by atoms with E-state index in [1.165, 1.54) is 4.90 Å². The minimum absolute atomic E-state index is 0.310. The molecule has 196 valence electrons. The number of imide groups is 1. The number of halogens is 1. The number of carbonyl (C=O) groups excluding carboxylic acids is 2. The molecule has 0 aliphatic carbocycles. The van der Waals surface area contributed by atoms with Gasteiger partial charge in [0.2, 0.25) is 5.91 Å². The van der Waals surface area contributed by atoms with Gasteiger partial charge in [-0.15, -0.1) is 0 Å². The van der Waals surface area contributed by atoms with Gasteiger partial charge in [-0.1, -0.05) is 82.7 Å². The van der Waals surface area contributed by atoms with Crippen molar-refractivity contribution in [2.24, 2.45) is 5.92 Å². The van der Waals surface area contributed by atoms with E-state index in [1.807, 2.05) is 78.9 Å². The second kappa shape index (κ2) is 10.6. The first kappa shape index (κ1) is 25.2. The number of anilines is 2. The average molecular weight is 585 g/mol. The van der Waals surface area contributed by atoms with Gasteiger partial charge in [-0.25, -0.2) is 9.96 Å². The summed E-state index contributed by atoms with van der Waals surface area (Å²) in [6, 6.07) is 31.3. The van der Waals surface area contributed by atoms with Crippen LogP contribution in [0.25, 0.3) is 0 Å². The van der Waals surface area contributed by atoms with Gasteiger partial charge in [-0.05, 0) is 47.5 Å². The highest BCUT2D eigenvalue weighted by atomic mass is 79.9. The first-order chi connectivity index (χ1) is 19.1. The van der Waals surface area contributed by atoms with Crippen molar-refractivity contribution in [1.29, 1.82) is 0 Å². The summed E-state index contributed by atoms with van der Waals surface area (Å²) in [5.74, 6) is -0.397. The molecule has 0 unspecified atom stereocenters. The Hall–Kier alpha value is -4.14. The molecule has 2 aliphatic rings. The molecule has 2 heterocycles. The Morgan fingerprint density at radius 3 is 2.05 bits per heavy atom. The van der Waals surface area contributed by atoms with Crippen molar-refractivity contribution < 1.29 is 23.9 Å². The molecule has 4 aromatic rings. The third kappa shape index (κ3) is 4.56. The number of hydroxylamine groups is 1. The highest BCUT2D eigenvalue weighted by Crippen LogP contribution is 2.50. The Bertz CT molecular complexity index is 1500. The van der Waals surface area contributed by atoms with Crippen LogP contribution < -0.4 is 19.4 Å². The van der Waals surface area contributed by atoms with E-state index >= 15 is 0 Å². The number of amides is 2. The van der Waals surface area contributed by atoms with Crippen molar-refractivity contribution in [2.45, 2.75) is 18.8 Å². The number of fused-ring (bicyclic) bond motifs is 1. The lowest BCUT2D eigenvalue weighted by molar-refractivity contribution is -0.126.